The zero-order valence-corrected chi connectivity index (χ0v) is 17.3. The highest BCUT2D eigenvalue weighted by molar-refractivity contribution is 6.32. The molecule has 156 valence electrons. The van der Waals surface area contributed by atoms with Crippen LogP contribution in [0.2, 0.25) is 0 Å². The van der Waals surface area contributed by atoms with Crippen molar-refractivity contribution in [2.24, 2.45) is 7.05 Å². The summed E-state index contributed by atoms with van der Waals surface area (Å²) in [6.07, 6.45) is 3.31. The predicted octanol–water partition coefficient (Wildman–Crippen LogP) is 4.79. The number of aromatic nitrogens is 3. The van der Waals surface area contributed by atoms with Gasteiger partial charge in [0.25, 0.3) is 0 Å². The van der Waals surface area contributed by atoms with Crippen molar-refractivity contribution in [1.82, 2.24) is 14.8 Å². The molecule has 6 nitrogen and oxygen atoms in total. The molecule has 1 unspecified atom stereocenters. The molecule has 2 aromatic heterocycles. The second-order valence-electron chi connectivity index (χ2n) is 6.96. The van der Waals surface area contributed by atoms with Crippen molar-refractivity contribution in [2.45, 2.75) is 5.38 Å². The van der Waals surface area contributed by atoms with Gasteiger partial charge in [0.05, 0.1) is 5.56 Å². The van der Waals surface area contributed by atoms with E-state index in [4.69, 9.17) is 17.3 Å². The molecular weight excluding hydrogens is 417 g/mol. The van der Waals surface area contributed by atoms with E-state index >= 15 is 0 Å². The van der Waals surface area contributed by atoms with Gasteiger partial charge >= 0.3 is 0 Å². The summed E-state index contributed by atoms with van der Waals surface area (Å²) in [5.41, 5.74) is 9.73. The Morgan fingerprint density at radius 2 is 1.68 bits per heavy atom. The van der Waals surface area contributed by atoms with Crippen molar-refractivity contribution in [3.63, 3.8) is 0 Å². The Labute approximate surface area is 183 Å². The van der Waals surface area contributed by atoms with Crippen LogP contribution in [0, 0.1) is 5.82 Å². The molecule has 2 aromatic carbocycles. The summed E-state index contributed by atoms with van der Waals surface area (Å²) >= 11 is 6.42. The molecule has 0 fully saturated rings. The number of nitrogen functional groups attached to an aromatic ring is 1. The minimum Gasteiger partial charge on any atom is -0.399 e. The summed E-state index contributed by atoms with van der Waals surface area (Å²) in [7, 11) is 1.72. The molecule has 0 aliphatic heterocycles. The zero-order valence-electron chi connectivity index (χ0n) is 16.6. The number of amides is 1. The quantitative estimate of drug-likeness (QED) is 0.348. The van der Waals surface area contributed by atoms with Crippen LogP contribution in [0.5, 0.6) is 0 Å². The van der Waals surface area contributed by atoms with E-state index in [1.807, 2.05) is 12.1 Å². The highest BCUT2D eigenvalue weighted by atomic mass is 35.5. The number of hydrogen-bond donors (Lipinski definition) is 2. The first-order valence-electron chi connectivity index (χ1n) is 9.47. The van der Waals surface area contributed by atoms with Gasteiger partial charge in [-0.2, -0.15) is 5.10 Å². The van der Waals surface area contributed by atoms with Crippen LogP contribution >= 0.6 is 11.6 Å². The number of hydrogen-bond acceptors (Lipinski definition) is 4. The van der Waals surface area contributed by atoms with Crippen molar-refractivity contribution < 1.29 is 9.18 Å². The molecule has 0 spiro atoms. The van der Waals surface area contributed by atoms with Crippen LogP contribution in [-0.2, 0) is 11.8 Å². The number of pyridine rings is 1. The summed E-state index contributed by atoms with van der Waals surface area (Å²) < 4.78 is 15.0. The largest absolute Gasteiger partial charge is 0.399 e. The third-order valence-corrected chi connectivity index (χ3v) is 5.28. The summed E-state index contributed by atoms with van der Waals surface area (Å²) in [5, 5.41) is 6.56. The Morgan fingerprint density at radius 1 is 1.03 bits per heavy atom. The first kappa shape index (κ1) is 20.6. The van der Waals surface area contributed by atoms with E-state index < -0.39 is 11.3 Å². The molecule has 3 N–H and O–H groups in total. The third kappa shape index (κ3) is 4.27. The molecule has 0 saturated heterocycles. The highest BCUT2D eigenvalue weighted by Gasteiger charge is 2.24. The Bertz CT molecular complexity index is 1210. The van der Waals surface area contributed by atoms with Gasteiger partial charge in [-0.05, 0) is 59.7 Å². The number of nitrogens with two attached hydrogens (primary N) is 1. The van der Waals surface area contributed by atoms with Gasteiger partial charge in [0.1, 0.15) is 22.7 Å². The molecule has 31 heavy (non-hydrogen) atoms. The number of carbonyl (C=O) groups is 1. The Balaban J connectivity index is 1.76. The number of carbonyl (C=O) groups excluding carboxylic acids is 1. The number of alkyl halides is 1. The SMILES string of the molecule is Cn1nc(-c2ccc(F)cc2)c(-c2ccncc2)c1NC(=O)C(Cl)c1ccc(N)cc1. The second-order valence-corrected chi connectivity index (χ2v) is 7.39. The number of benzene rings is 2. The lowest BCUT2D eigenvalue weighted by Crippen LogP contribution is -2.19. The molecule has 0 aliphatic carbocycles. The van der Waals surface area contributed by atoms with Crippen molar-refractivity contribution in [3.05, 3.63) is 84.4 Å². The van der Waals surface area contributed by atoms with Gasteiger partial charge in [-0.3, -0.25) is 14.5 Å². The summed E-state index contributed by atoms with van der Waals surface area (Å²) in [4.78, 5) is 17.0. The van der Waals surface area contributed by atoms with Crippen molar-refractivity contribution >= 4 is 29.0 Å². The fourth-order valence-corrected chi connectivity index (χ4v) is 3.47. The average molecular weight is 436 g/mol. The average Bonchev–Trinajstić information content (AvgIpc) is 3.10. The molecule has 8 heteroatoms. The number of rotatable bonds is 5. The molecule has 1 atom stereocenters. The highest BCUT2D eigenvalue weighted by Crippen LogP contribution is 2.38. The normalized spacial score (nSPS) is 11.8. The maximum Gasteiger partial charge on any atom is 0.248 e. The van der Waals surface area contributed by atoms with E-state index in [1.54, 1.807) is 60.5 Å². The number of halogens is 2. The lowest BCUT2D eigenvalue weighted by molar-refractivity contribution is -0.116. The van der Waals surface area contributed by atoms with Crippen LogP contribution in [0.4, 0.5) is 15.9 Å². The second kappa shape index (κ2) is 8.57. The summed E-state index contributed by atoms with van der Waals surface area (Å²) in [6, 6.07) is 16.5. The minimum atomic E-state index is -0.921. The zero-order chi connectivity index (χ0) is 22.0. The van der Waals surface area contributed by atoms with Crippen molar-refractivity contribution in [2.75, 3.05) is 11.1 Å². The molecule has 0 aliphatic rings. The summed E-state index contributed by atoms with van der Waals surface area (Å²) in [6.45, 7) is 0. The molecule has 4 aromatic rings. The van der Waals surface area contributed by atoms with E-state index in [2.05, 4.69) is 15.4 Å². The summed E-state index contributed by atoms with van der Waals surface area (Å²) in [5.74, 6) is -0.279. The van der Waals surface area contributed by atoms with Gasteiger partial charge in [-0.1, -0.05) is 12.1 Å². The van der Waals surface area contributed by atoms with Gasteiger partial charge in [0.15, 0.2) is 0 Å². The van der Waals surface area contributed by atoms with Crippen LogP contribution in [0.15, 0.2) is 73.1 Å². The third-order valence-electron chi connectivity index (χ3n) is 4.83. The Hall–Kier alpha value is -3.71. The topological polar surface area (TPSA) is 85.8 Å². The first-order valence-corrected chi connectivity index (χ1v) is 9.91. The van der Waals surface area contributed by atoms with E-state index in [1.165, 1.54) is 12.1 Å². The monoisotopic (exact) mass is 435 g/mol. The minimum absolute atomic E-state index is 0.341. The van der Waals surface area contributed by atoms with E-state index in [0.717, 1.165) is 5.56 Å². The smallest absolute Gasteiger partial charge is 0.248 e. The van der Waals surface area contributed by atoms with E-state index in [0.29, 0.717) is 33.9 Å². The number of nitrogens with zero attached hydrogens (tertiary/aromatic N) is 3. The maximum atomic E-state index is 13.4. The Morgan fingerprint density at radius 3 is 2.32 bits per heavy atom. The fourth-order valence-electron chi connectivity index (χ4n) is 3.27. The van der Waals surface area contributed by atoms with Crippen LogP contribution in [0.25, 0.3) is 22.4 Å². The van der Waals surface area contributed by atoms with Gasteiger partial charge in [-0.15, -0.1) is 11.6 Å². The van der Waals surface area contributed by atoms with Crippen LogP contribution < -0.4 is 11.1 Å². The number of anilines is 2. The lowest BCUT2D eigenvalue weighted by atomic mass is 10.0. The van der Waals surface area contributed by atoms with Gasteiger partial charge in [-0.25, -0.2) is 4.39 Å². The van der Waals surface area contributed by atoms with Crippen molar-refractivity contribution in [3.8, 4) is 22.4 Å². The van der Waals surface area contributed by atoms with Gasteiger partial charge in [0.2, 0.25) is 5.91 Å². The van der Waals surface area contributed by atoms with Gasteiger partial charge in [0, 0.05) is 30.7 Å². The molecule has 2 heterocycles. The maximum absolute atomic E-state index is 13.4. The molecule has 0 bridgehead atoms. The van der Waals surface area contributed by atoms with Crippen molar-refractivity contribution in [1.29, 1.82) is 0 Å². The van der Waals surface area contributed by atoms with Gasteiger partial charge < -0.3 is 11.1 Å². The molecular formula is C23H19ClFN5O. The van der Waals surface area contributed by atoms with E-state index in [-0.39, 0.29) is 5.82 Å². The van der Waals surface area contributed by atoms with Crippen LogP contribution in [-0.4, -0.2) is 20.7 Å². The van der Waals surface area contributed by atoms with Crippen LogP contribution in [0.3, 0.4) is 0 Å². The fraction of sp³-hybridized carbons (Fsp3) is 0.0870. The van der Waals surface area contributed by atoms with E-state index in [9.17, 15) is 9.18 Å². The molecule has 0 radical (unpaired) electrons. The lowest BCUT2D eigenvalue weighted by Gasteiger charge is -2.13. The molecule has 1 amide bonds. The first-order chi connectivity index (χ1) is 14.9. The standard InChI is InChI=1S/C23H19ClFN5O/c1-30-22(28-23(31)20(24)15-4-8-18(26)9-5-15)19(14-10-12-27-13-11-14)21(29-30)16-2-6-17(25)7-3-16/h2-13,20H,26H2,1H3,(H,28,31). The number of aryl methyl sites for hydroxylation is 1. The predicted molar refractivity (Wildman–Crippen MR) is 120 cm³/mol. The van der Waals surface area contributed by atoms with Crippen LogP contribution in [0.1, 0.15) is 10.9 Å². The molecule has 0 saturated carbocycles. The Kier molecular flexibility index (Phi) is 5.68. The molecule has 4 rings (SSSR count). The number of nitrogens with one attached hydrogen (secondary N) is 1.